The summed E-state index contributed by atoms with van der Waals surface area (Å²) in [5.41, 5.74) is -0.178. The summed E-state index contributed by atoms with van der Waals surface area (Å²) in [6, 6.07) is 3.08. The first-order chi connectivity index (χ1) is 9.01. The third-order valence-electron chi connectivity index (χ3n) is 2.23. The fraction of sp³-hybridized carbons (Fsp3) is 0.0833. The van der Waals surface area contributed by atoms with Crippen LogP contribution >= 0.6 is 27.5 Å². The number of carbonyl (C=O) groups excluding carboxylic acids is 1. The number of rotatable bonds is 2. The number of hydrogen-bond donors (Lipinski definition) is 0. The molecule has 0 radical (unpaired) electrons. The van der Waals surface area contributed by atoms with Crippen LogP contribution in [-0.4, -0.2) is 18.1 Å². The minimum absolute atomic E-state index is 0.00548. The van der Waals surface area contributed by atoms with Crippen molar-refractivity contribution in [1.82, 2.24) is 4.98 Å². The minimum atomic E-state index is -0.585. The number of carbonyl (C=O) groups is 1. The maximum absolute atomic E-state index is 11.8. The van der Waals surface area contributed by atoms with Gasteiger partial charge in [0.1, 0.15) is 0 Å². The number of nitrogens with zero attached hydrogens (tertiary/aromatic N) is 1. The maximum atomic E-state index is 11.8. The number of benzene rings is 1. The average molecular weight is 345 g/mol. The van der Waals surface area contributed by atoms with Gasteiger partial charge in [0.05, 0.1) is 18.0 Å². The van der Waals surface area contributed by atoms with E-state index in [2.05, 4.69) is 25.7 Å². The molecule has 2 rings (SSSR count). The number of halogens is 2. The summed E-state index contributed by atoms with van der Waals surface area (Å²) in [7, 11) is 1.25. The predicted molar refractivity (Wildman–Crippen MR) is 74.0 cm³/mol. The van der Waals surface area contributed by atoms with E-state index >= 15 is 0 Å². The van der Waals surface area contributed by atoms with Gasteiger partial charge in [0.15, 0.2) is 0 Å². The first-order valence-electron chi connectivity index (χ1n) is 5.07. The van der Waals surface area contributed by atoms with Gasteiger partial charge in [0.2, 0.25) is 5.89 Å². The Morgan fingerprint density at radius 1 is 1.53 bits per heavy atom. The predicted octanol–water partition coefficient (Wildman–Crippen LogP) is 2.79. The third-order valence-corrected chi connectivity index (χ3v) is 3.05. The van der Waals surface area contributed by atoms with Gasteiger partial charge < -0.3 is 9.15 Å². The van der Waals surface area contributed by atoms with Crippen LogP contribution in [-0.2, 0) is 9.53 Å². The van der Waals surface area contributed by atoms with Crippen molar-refractivity contribution >= 4 is 50.5 Å². The van der Waals surface area contributed by atoms with Crippen molar-refractivity contribution in [3.8, 4) is 0 Å². The van der Waals surface area contributed by atoms with Gasteiger partial charge in [-0.25, -0.2) is 14.6 Å². The van der Waals surface area contributed by atoms with Crippen LogP contribution in [0.15, 0.2) is 31.9 Å². The molecule has 0 atom stereocenters. The molecule has 98 valence electrons. The van der Waals surface area contributed by atoms with Crippen LogP contribution in [0.4, 0.5) is 0 Å². The number of fused-ring (bicyclic) bond motifs is 1. The highest BCUT2D eigenvalue weighted by molar-refractivity contribution is 9.10. The zero-order valence-corrected chi connectivity index (χ0v) is 12.0. The Morgan fingerprint density at radius 2 is 2.26 bits per heavy atom. The molecule has 0 saturated heterocycles. The van der Waals surface area contributed by atoms with Gasteiger partial charge in [-0.15, -0.1) is 0 Å². The van der Waals surface area contributed by atoms with E-state index in [0.29, 0.717) is 15.0 Å². The zero-order chi connectivity index (χ0) is 14.0. The van der Waals surface area contributed by atoms with Crippen LogP contribution in [0.2, 0.25) is 5.02 Å². The van der Waals surface area contributed by atoms with Gasteiger partial charge in [0, 0.05) is 21.6 Å². The fourth-order valence-corrected chi connectivity index (χ4v) is 2.30. The zero-order valence-electron chi connectivity index (χ0n) is 9.65. The lowest BCUT2D eigenvalue weighted by Gasteiger charge is -2.01. The van der Waals surface area contributed by atoms with E-state index in [1.54, 1.807) is 6.07 Å². The van der Waals surface area contributed by atoms with Gasteiger partial charge in [0.25, 0.3) is 0 Å². The number of methoxy groups -OCH3 is 1. The van der Waals surface area contributed by atoms with E-state index in [-0.39, 0.29) is 11.3 Å². The van der Waals surface area contributed by atoms with Crippen molar-refractivity contribution in [3.05, 3.63) is 44.0 Å². The van der Waals surface area contributed by atoms with E-state index < -0.39 is 11.6 Å². The minimum Gasteiger partial charge on any atom is -0.466 e. The second kappa shape index (κ2) is 5.54. The molecule has 1 heterocycles. The molecule has 19 heavy (non-hydrogen) atoms. The Morgan fingerprint density at radius 3 is 2.95 bits per heavy atom. The average Bonchev–Trinajstić information content (AvgIpc) is 2.37. The normalized spacial score (nSPS) is 11.1. The highest BCUT2D eigenvalue weighted by atomic mass is 79.9. The maximum Gasteiger partial charge on any atom is 0.347 e. The molecule has 7 heteroatoms. The molecule has 0 bridgehead atoms. The molecular weight excluding hydrogens is 337 g/mol. The van der Waals surface area contributed by atoms with Crippen LogP contribution in [0.1, 0.15) is 5.89 Å². The first-order valence-corrected chi connectivity index (χ1v) is 6.24. The molecule has 5 nitrogen and oxygen atoms in total. The van der Waals surface area contributed by atoms with Crippen LogP contribution in [0.3, 0.4) is 0 Å². The molecule has 0 unspecified atom stereocenters. The highest BCUT2D eigenvalue weighted by Gasteiger charge is 2.09. The van der Waals surface area contributed by atoms with E-state index in [0.717, 1.165) is 6.08 Å². The van der Waals surface area contributed by atoms with Gasteiger partial charge in [-0.2, -0.15) is 0 Å². The molecule has 2 aromatic rings. The smallest absolute Gasteiger partial charge is 0.347 e. The SMILES string of the molecule is COC(=O)C=Cc1nc2c(Br)cc(Cl)cc2c(=O)o1. The Labute approximate surface area is 121 Å². The molecule has 0 aliphatic heterocycles. The summed E-state index contributed by atoms with van der Waals surface area (Å²) in [6.07, 6.45) is 2.37. The largest absolute Gasteiger partial charge is 0.466 e. The molecular formula is C12H7BrClNO4. The number of hydrogen-bond acceptors (Lipinski definition) is 5. The van der Waals surface area contributed by atoms with Crippen molar-refractivity contribution in [2.24, 2.45) is 0 Å². The summed E-state index contributed by atoms with van der Waals surface area (Å²) >= 11 is 9.11. The van der Waals surface area contributed by atoms with Crippen LogP contribution in [0.5, 0.6) is 0 Å². The molecule has 1 aromatic carbocycles. The van der Waals surface area contributed by atoms with E-state index in [1.165, 1.54) is 19.3 Å². The van der Waals surface area contributed by atoms with Gasteiger partial charge >= 0.3 is 11.6 Å². The molecule has 0 N–H and O–H groups in total. The Hall–Kier alpha value is -1.66. The molecule has 0 aliphatic carbocycles. The Balaban J connectivity index is 2.59. The van der Waals surface area contributed by atoms with Gasteiger partial charge in [-0.1, -0.05) is 11.6 Å². The summed E-state index contributed by atoms with van der Waals surface area (Å²) in [5, 5.41) is 0.654. The second-order valence-electron chi connectivity index (χ2n) is 3.48. The molecule has 0 aliphatic rings. The van der Waals surface area contributed by atoms with Gasteiger partial charge in [-0.3, -0.25) is 0 Å². The van der Waals surface area contributed by atoms with Crippen molar-refractivity contribution in [2.45, 2.75) is 0 Å². The van der Waals surface area contributed by atoms with Crippen molar-refractivity contribution in [3.63, 3.8) is 0 Å². The van der Waals surface area contributed by atoms with E-state index in [4.69, 9.17) is 16.0 Å². The monoisotopic (exact) mass is 343 g/mol. The molecule has 0 spiro atoms. The summed E-state index contributed by atoms with van der Waals surface area (Å²) in [6.45, 7) is 0. The lowest BCUT2D eigenvalue weighted by molar-refractivity contribution is -0.134. The van der Waals surface area contributed by atoms with Crippen LogP contribution < -0.4 is 5.63 Å². The fourth-order valence-electron chi connectivity index (χ4n) is 1.40. The van der Waals surface area contributed by atoms with Crippen molar-refractivity contribution in [1.29, 1.82) is 0 Å². The van der Waals surface area contributed by atoms with E-state index in [9.17, 15) is 9.59 Å². The number of aromatic nitrogens is 1. The number of esters is 1. The quantitative estimate of drug-likeness (QED) is 0.619. The molecule has 0 fully saturated rings. The summed E-state index contributed by atoms with van der Waals surface area (Å²) < 4.78 is 9.95. The standard InChI is InChI=1S/C12H7BrClNO4/c1-18-10(16)3-2-9-15-11-7(12(17)19-9)4-6(14)5-8(11)13/h2-5H,1H3. The first kappa shape index (κ1) is 13.8. The van der Waals surface area contributed by atoms with Crippen LogP contribution in [0.25, 0.3) is 17.0 Å². The summed E-state index contributed by atoms with van der Waals surface area (Å²) in [5.74, 6) is -0.564. The van der Waals surface area contributed by atoms with Crippen LogP contribution in [0, 0.1) is 0 Å². The van der Waals surface area contributed by atoms with Crippen molar-refractivity contribution in [2.75, 3.05) is 7.11 Å². The molecule has 0 amide bonds. The second-order valence-corrected chi connectivity index (χ2v) is 4.77. The lowest BCUT2D eigenvalue weighted by atomic mass is 10.2. The van der Waals surface area contributed by atoms with Gasteiger partial charge in [-0.05, 0) is 28.1 Å². The Bertz CT molecular complexity index is 738. The topological polar surface area (TPSA) is 69.4 Å². The Kier molecular flexibility index (Phi) is 4.01. The molecule has 0 saturated carbocycles. The summed E-state index contributed by atoms with van der Waals surface area (Å²) in [4.78, 5) is 26.9. The highest BCUT2D eigenvalue weighted by Crippen LogP contribution is 2.25. The lowest BCUT2D eigenvalue weighted by Crippen LogP contribution is -2.04. The third kappa shape index (κ3) is 3.02. The number of ether oxygens (including phenoxy) is 1. The van der Waals surface area contributed by atoms with E-state index in [1.807, 2.05) is 0 Å². The molecule has 1 aromatic heterocycles. The van der Waals surface area contributed by atoms with Crippen molar-refractivity contribution < 1.29 is 13.9 Å².